The summed E-state index contributed by atoms with van der Waals surface area (Å²) in [5.74, 6) is 0. The SMILES string of the molecule is Cc1c(CCC[NH3+])c2ccccc2n1Cc1ccccc1. The molecule has 2 nitrogen and oxygen atoms in total. The molecule has 0 aliphatic rings. The van der Waals surface area contributed by atoms with Crippen LogP contribution in [0, 0.1) is 6.92 Å². The lowest BCUT2D eigenvalue weighted by Crippen LogP contribution is -2.50. The second kappa shape index (κ2) is 6.15. The molecular formula is C19H23N2+. The largest absolute Gasteiger partial charge is 0.358 e. The minimum atomic E-state index is 0.942. The van der Waals surface area contributed by atoms with E-state index in [1.807, 2.05) is 0 Å². The molecule has 0 fully saturated rings. The molecule has 21 heavy (non-hydrogen) atoms. The second-order valence-corrected chi connectivity index (χ2v) is 5.61. The van der Waals surface area contributed by atoms with E-state index in [0.29, 0.717) is 0 Å². The van der Waals surface area contributed by atoms with Crippen LogP contribution in [0.3, 0.4) is 0 Å². The molecular weight excluding hydrogens is 256 g/mol. The van der Waals surface area contributed by atoms with Gasteiger partial charge in [-0.05, 0) is 30.5 Å². The molecule has 1 heterocycles. The Morgan fingerprint density at radius 2 is 1.67 bits per heavy atom. The number of quaternary nitrogens is 1. The van der Waals surface area contributed by atoms with E-state index >= 15 is 0 Å². The minimum Gasteiger partial charge on any atom is -0.358 e. The third kappa shape index (κ3) is 2.72. The van der Waals surface area contributed by atoms with Crippen LogP contribution in [0.25, 0.3) is 10.9 Å². The monoisotopic (exact) mass is 279 g/mol. The second-order valence-electron chi connectivity index (χ2n) is 5.61. The van der Waals surface area contributed by atoms with E-state index in [2.05, 4.69) is 71.8 Å². The predicted molar refractivity (Wildman–Crippen MR) is 88.3 cm³/mol. The van der Waals surface area contributed by atoms with Gasteiger partial charge in [0.15, 0.2) is 0 Å². The van der Waals surface area contributed by atoms with Crippen molar-refractivity contribution in [3.8, 4) is 0 Å². The predicted octanol–water partition coefficient (Wildman–Crippen LogP) is 3.17. The van der Waals surface area contributed by atoms with Crippen molar-refractivity contribution < 1.29 is 5.73 Å². The molecule has 3 rings (SSSR count). The molecule has 0 saturated heterocycles. The number of aryl methyl sites for hydroxylation is 1. The molecule has 1 aromatic heterocycles. The van der Waals surface area contributed by atoms with Crippen LogP contribution >= 0.6 is 0 Å². The van der Waals surface area contributed by atoms with Gasteiger partial charge < -0.3 is 10.3 Å². The normalized spacial score (nSPS) is 11.1. The summed E-state index contributed by atoms with van der Waals surface area (Å²) in [5.41, 5.74) is 9.56. The first-order valence-electron chi connectivity index (χ1n) is 7.71. The third-order valence-corrected chi connectivity index (χ3v) is 4.22. The fraction of sp³-hybridized carbons (Fsp3) is 0.263. The number of rotatable bonds is 5. The van der Waals surface area contributed by atoms with Gasteiger partial charge in [0.25, 0.3) is 0 Å². The molecule has 0 unspecified atom stereocenters. The number of nitrogens with zero attached hydrogens (tertiary/aromatic N) is 1. The Hall–Kier alpha value is -2.06. The molecule has 0 amide bonds. The van der Waals surface area contributed by atoms with Crippen LogP contribution in [-0.4, -0.2) is 11.1 Å². The van der Waals surface area contributed by atoms with E-state index in [-0.39, 0.29) is 0 Å². The van der Waals surface area contributed by atoms with Crippen LogP contribution in [0.2, 0.25) is 0 Å². The molecule has 3 N–H and O–H groups in total. The van der Waals surface area contributed by atoms with E-state index in [9.17, 15) is 0 Å². The van der Waals surface area contributed by atoms with E-state index in [0.717, 1.165) is 25.9 Å². The fourth-order valence-corrected chi connectivity index (χ4v) is 3.09. The van der Waals surface area contributed by atoms with Crippen molar-refractivity contribution in [3.05, 3.63) is 71.4 Å². The Bertz CT molecular complexity index is 726. The lowest BCUT2D eigenvalue weighted by Gasteiger charge is -2.09. The number of aromatic nitrogens is 1. The first-order valence-corrected chi connectivity index (χ1v) is 7.71. The zero-order chi connectivity index (χ0) is 14.7. The number of hydrogen-bond donors (Lipinski definition) is 1. The van der Waals surface area contributed by atoms with Gasteiger partial charge in [-0.3, -0.25) is 0 Å². The summed E-state index contributed by atoms with van der Waals surface area (Å²) < 4.78 is 2.45. The summed E-state index contributed by atoms with van der Waals surface area (Å²) in [5, 5.41) is 1.40. The number of fused-ring (bicyclic) bond motifs is 1. The molecule has 0 radical (unpaired) electrons. The van der Waals surface area contributed by atoms with Gasteiger partial charge in [-0.2, -0.15) is 0 Å². The molecule has 0 atom stereocenters. The van der Waals surface area contributed by atoms with Crippen molar-refractivity contribution in [2.45, 2.75) is 26.3 Å². The first-order chi connectivity index (χ1) is 10.3. The van der Waals surface area contributed by atoms with Crippen LogP contribution in [0.1, 0.15) is 23.2 Å². The smallest absolute Gasteiger partial charge is 0.0743 e. The average Bonchev–Trinajstić information content (AvgIpc) is 2.79. The number of benzene rings is 2. The Morgan fingerprint density at radius 3 is 2.43 bits per heavy atom. The molecule has 0 bridgehead atoms. The van der Waals surface area contributed by atoms with Gasteiger partial charge in [0.2, 0.25) is 0 Å². The molecule has 108 valence electrons. The third-order valence-electron chi connectivity index (χ3n) is 4.22. The lowest BCUT2D eigenvalue weighted by molar-refractivity contribution is -0.368. The van der Waals surface area contributed by atoms with E-state index < -0.39 is 0 Å². The molecule has 0 aliphatic carbocycles. The van der Waals surface area contributed by atoms with Crippen LogP contribution in [0.5, 0.6) is 0 Å². The van der Waals surface area contributed by atoms with Crippen LogP contribution < -0.4 is 5.73 Å². The topological polar surface area (TPSA) is 32.6 Å². The summed E-state index contributed by atoms with van der Waals surface area (Å²) >= 11 is 0. The Morgan fingerprint density at radius 1 is 0.952 bits per heavy atom. The van der Waals surface area contributed by atoms with Crippen molar-refractivity contribution >= 4 is 10.9 Å². The maximum atomic E-state index is 3.98. The van der Waals surface area contributed by atoms with Crippen molar-refractivity contribution in [1.82, 2.24) is 4.57 Å². The number of para-hydroxylation sites is 1. The highest BCUT2D eigenvalue weighted by molar-refractivity contribution is 5.85. The molecule has 2 heteroatoms. The highest BCUT2D eigenvalue weighted by Gasteiger charge is 2.13. The van der Waals surface area contributed by atoms with Gasteiger partial charge in [-0.1, -0.05) is 48.5 Å². The highest BCUT2D eigenvalue weighted by Crippen LogP contribution is 2.27. The Kier molecular flexibility index (Phi) is 4.07. The van der Waals surface area contributed by atoms with Crippen LogP contribution in [-0.2, 0) is 13.0 Å². The molecule has 0 aliphatic heterocycles. The van der Waals surface area contributed by atoms with Gasteiger partial charge in [0.05, 0.1) is 6.54 Å². The summed E-state index contributed by atoms with van der Waals surface area (Å²) in [6, 6.07) is 19.5. The zero-order valence-electron chi connectivity index (χ0n) is 12.7. The maximum Gasteiger partial charge on any atom is 0.0743 e. The Labute approximate surface area is 126 Å². The molecule has 0 spiro atoms. The highest BCUT2D eigenvalue weighted by atomic mass is 15.0. The summed E-state index contributed by atoms with van der Waals surface area (Å²) in [4.78, 5) is 0. The molecule has 0 saturated carbocycles. The molecule has 3 aromatic rings. The van der Waals surface area contributed by atoms with Crippen LogP contribution in [0.4, 0.5) is 0 Å². The first kappa shape index (κ1) is 13.9. The van der Waals surface area contributed by atoms with Crippen molar-refractivity contribution in [3.63, 3.8) is 0 Å². The van der Waals surface area contributed by atoms with Gasteiger partial charge in [0, 0.05) is 29.6 Å². The van der Waals surface area contributed by atoms with Crippen molar-refractivity contribution in [2.75, 3.05) is 6.54 Å². The van der Waals surface area contributed by atoms with Gasteiger partial charge in [-0.25, -0.2) is 0 Å². The van der Waals surface area contributed by atoms with E-state index in [1.54, 1.807) is 0 Å². The van der Waals surface area contributed by atoms with Crippen molar-refractivity contribution in [2.24, 2.45) is 0 Å². The van der Waals surface area contributed by atoms with Gasteiger partial charge >= 0.3 is 0 Å². The van der Waals surface area contributed by atoms with E-state index in [1.165, 1.54) is 27.7 Å². The summed E-state index contributed by atoms with van der Waals surface area (Å²) in [6.07, 6.45) is 2.28. The quantitative estimate of drug-likeness (QED) is 0.744. The standard InChI is InChI=1S/C19H22N2/c1-15-17(11-7-13-20)18-10-5-6-12-19(18)21(15)14-16-8-3-2-4-9-16/h2-6,8-10,12H,7,11,13-14,20H2,1H3/p+1. The zero-order valence-corrected chi connectivity index (χ0v) is 12.7. The van der Waals surface area contributed by atoms with Gasteiger partial charge in [-0.15, -0.1) is 0 Å². The fourth-order valence-electron chi connectivity index (χ4n) is 3.09. The minimum absolute atomic E-state index is 0.942. The van der Waals surface area contributed by atoms with Gasteiger partial charge in [0.1, 0.15) is 0 Å². The van der Waals surface area contributed by atoms with Crippen LogP contribution in [0.15, 0.2) is 54.6 Å². The molecule has 2 aromatic carbocycles. The average molecular weight is 279 g/mol. The maximum absolute atomic E-state index is 3.98. The number of hydrogen-bond acceptors (Lipinski definition) is 0. The lowest BCUT2D eigenvalue weighted by atomic mass is 10.1. The summed E-state index contributed by atoms with van der Waals surface area (Å²) in [6.45, 7) is 4.19. The van der Waals surface area contributed by atoms with E-state index in [4.69, 9.17) is 0 Å². The Balaban J connectivity index is 2.07. The van der Waals surface area contributed by atoms with Crippen molar-refractivity contribution in [1.29, 1.82) is 0 Å². The summed E-state index contributed by atoms with van der Waals surface area (Å²) in [7, 11) is 0.